The van der Waals surface area contributed by atoms with E-state index in [4.69, 9.17) is 4.42 Å². The number of halogens is 1. The van der Waals surface area contributed by atoms with Crippen molar-refractivity contribution in [1.29, 1.82) is 0 Å². The zero-order valence-corrected chi connectivity index (χ0v) is 75.8. The second-order valence-electron chi connectivity index (χ2n) is 22.4. The third kappa shape index (κ3) is 17.0. The molecule has 9 aromatic rings. The first-order valence-corrected chi connectivity index (χ1v) is 56.1. The second kappa shape index (κ2) is 34.0. The van der Waals surface area contributed by atoms with Gasteiger partial charge in [0.25, 0.3) is 0 Å². The van der Waals surface area contributed by atoms with Crippen molar-refractivity contribution < 1.29 is 8.81 Å². The molecule has 2 unspecified atom stereocenters. The molecule has 8 aliphatic rings. The molecule has 17 rings (SSSR count). The molecule has 25 heteroatoms. The van der Waals surface area contributed by atoms with E-state index in [0.717, 1.165) is 22.8 Å². The van der Waals surface area contributed by atoms with Gasteiger partial charge in [-0.2, -0.15) is 0 Å². The van der Waals surface area contributed by atoms with Crippen LogP contribution in [0.25, 0.3) is 45.5 Å². The SMILES string of the molecule is CC1=CC=C(c2sc(C)c3c2SCCS3)C1.Cc1ccc(-c2sc(C)c3c2SCCS3)o1.Cc1ccc(-c2sc(C)c3c2SCCS3)s1.Cc1sc(-c2sc(C)c3c2[Se]CC(C)[Se]3)c2c1SCCSCCS2.Cc1sc(-c2sc(C)c3c2[Se]CC[Se]3)c2c1SC(F)CS2. The summed E-state index contributed by atoms with van der Waals surface area (Å²) in [6.07, 6.45) is 5.72. The van der Waals surface area contributed by atoms with Gasteiger partial charge in [-0.3, -0.25) is 0 Å². The van der Waals surface area contributed by atoms with E-state index in [1.54, 1.807) is 83.4 Å². The monoisotopic (exact) mass is 1850 g/mol. The number of hydrogen-bond donors (Lipinski definition) is 0. The first-order valence-electron chi connectivity index (χ1n) is 30.6. The molecule has 0 saturated carbocycles. The molecule has 0 spiro atoms. The van der Waals surface area contributed by atoms with E-state index in [2.05, 4.69) is 158 Å². The molecular weight excluding hydrogens is 1780 g/mol. The van der Waals surface area contributed by atoms with Gasteiger partial charge in [0.15, 0.2) is 0 Å². The van der Waals surface area contributed by atoms with Crippen LogP contribution in [0.2, 0.25) is 20.8 Å². The van der Waals surface area contributed by atoms with Crippen LogP contribution in [0.1, 0.15) is 69.9 Å². The van der Waals surface area contributed by atoms with Crippen LogP contribution in [-0.4, -0.2) is 129 Å². The number of furan rings is 1. The topological polar surface area (TPSA) is 13.1 Å². The summed E-state index contributed by atoms with van der Waals surface area (Å²) in [4.78, 5) is 39.8. The van der Waals surface area contributed by atoms with Gasteiger partial charge in [-0.25, -0.2) is 0 Å². The summed E-state index contributed by atoms with van der Waals surface area (Å²) in [5, 5.41) is 4.28. The summed E-state index contributed by atoms with van der Waals surface area (Å²) in [6, 6.07) is 8.62. The number of fused-ring (bicyclic) bond motifs is 7. The van der Waals surface area contributed by atoms with E-state index in [-0.39, 0.29) is 0 Å². The molecule has 0 radical (unpaired) electrons. The quantitative estimate of drug-likeness (QED) is 0.152. The third-order valence-electron chi connectivity index (χ3n) is 15.2. The summed E-state index contributed by atoms with van der Waals surface area (Å²) < 4.78 is 26.4. The molecule has 0 amide bonds. The molecule has 0 saturated heterocycles. The minimum atomic E-state index is -0.741. The van der Waals surface area contributed by atoms with Gasteiger partial charge in [0.2, 0.25) is 0 Å². The number of aryl methyl sites for hydroxylation is 9. The van der Waals surface area contributed by atoms with E-state index in [1.165, 1.54) is 170 Å². The molecule has 16 heterocycles. The first kappa shape index (κ1) is 73.5. The van der Waals surface area contributed by atoms with Crippen molar-refractivity contribution in [2.24, 2.45) is 0 Å². The number of hydrogen-bond acceptors (Lipinski definition) is 20. The predicted molar refractivity (Wildman–Crippen MR) is 448 cm³/mol. The Morgan fingerprint density at radius 3 is 1.42 bits per heavy atom. The van der Waals surface area contributed by atoms with Crippen LogP contribution in [0.15, 0.2) is 95.4 Å². The Morgan fingerprint density at radius 2 is 0.871 bits per heavy atom. The second-order valence-corrected chi connectivity index (χ2v) is 54.3. The standard InChI is InChI=1S/C17H20S5Se2.C14H13FS4Se2.C13H14S3.C12H12OS3.C12H12S4/c1-9-8-23-17-15(22-11(3)16(17)24-9)14-13-12(10(2)21-14)19-6-4-18-5-7-20-13;1-6-9-10(16-5-8(15)19-9)11(17-6)12-14-13(7(2)18-12)20-3-4-21-14;1-8-3-4-10(7-8)12-13-11(9(2)16-12)14-5-6-15-13;1-7-3-4-9(13-7)11-12-10(8(2)16-11)14-5-6-15-12;1-7-3-4-9(15-7)11-12-10(8(2)16-11)13-5-6-14-12/h9H,4-8H2,1-3H3;8H,3-5H2,1-2H3;3-4H,5-7H2,1-2H3;2*3-4H,5-6H2,1-2H3. The molecule has 1 nitrogen and oxygen atoms in total. The molecule has 2 atom stereocenters. The van der Waals surface area contributed by atoms with Crippen LogP contribution in [0.5, 0.6) is 0 Å². The number of allylic oxidation sites excluding steroid dienone is 4. The fraction of sp³-hybridized carbons (Fsp3) is 0.412. The molecule has 0 bridgehead atoms. The maximum absolute atomic E-state index is 13.7. The Hall–Kier alpha value is 2.22. The fourth-order valence-corrected chi connectivity index (χ4v) is 51.5. The van der Waals surface area contributed by atoms with Gasteiger partial charge >= 0.3 is 334 Å². The van der Waals surface area contributed by atoms with Gasteiger partial charge in [0.1, 0.15) is 11.5 Å². The molecule has 7 aliphatic heterocycles. The first-order chi connectivity index (χ1) is 45.1. The van der Waals surface area contributed by atoms with Gasteiger partial charge < -0.3 is 4.42 Å². The molecule has 0 N–H and O–H groups in total. The van der Waals surface area contributed by atoms with Crippen LogP contribution in [0, 0.1) is 62.3 Å². The van der Waals surface area contributed by atoms with Crippen molar-refractivity contribution in [3.05, 3.63) is 91.6 Å². The van der Waals surface area contributed by atoms with E-state index in [9.17, 15) is 4.39 Å². The van der Waals surface area contributed by atoms with Gasteiger partial charge in [0, 0.05) is 93.2 Å². The molecule has 0 aromatic carbocycles. The van der Waals surface area contributed by atoms with Crippen LogP contribution in [-0.2, 0) is 0 Å². The predicted octanol–water partition coefficient (Wildman–Crippen LogP) is 24.1. The molecule has 1 aliphatic carbocycles. The van der Waals surface area contributed by atoms with Crippen molar-refractivity contribution in [3.8, 4) is 39.9 Å². The van der Waals surface area contributed by atoms with Crippen LogP contribution in [0.4, 0.5) is 4.39 Å². The Kier molecular flexibility index (Phi) is 26.9. The average molecular weight is 1850 g/mol. The van der Waals surface area contributed by atoms with E-state index < -0.39 is 5.50 Å². The van der Waals surface area contributed by atoms with E-state index >= 15 is 0 Å². The summed E-state index contributed by atoms with van der Waals surface area (Å²) in [7, 11) is 0. The molecule has 0 fully saturated rings. The summed E-state index contributed by atoms with van der Waals surface area (Å²) in [6.45, 7) is 24.8. The number of thioether (sulfide) groups is 11. The van der Waals surface area contributed by atoms with Crippen LogP contribution in [0.3, 0.4) is 0 Å². The zero-order chi connectivity index (χ0) is 64.6. The van der Waals surface area contributed by atoms with Gasteiger partial charge in [-0.1, -0.05) is 17.7 Å². The fourth-order valence-electron chi connectivity index (χ4n) is 11.1. The van der Waals surface area contributed by atoms with Crippen molar-refractivity contribution >= 4 is 303 Å². The van der Waals surface area contributed by atoms with Gasteiger partial charge in [-0.05, 0) is 77.8 Å². The number of thiophene rings is 8. The van der Waals surface area contributed by atoms with Crippen molar-refractivity contribution in [1.82, 2.24) is 0 Å². The molecule has 93 heavy (non-hydrogen) atoms. The van der Waals surface area contributed by atoms with Crippen LogP contribution < -0.4 is 17.8 Å². The Labute approximate surface area is 655 Å². The van der Waals surface area contributed by atoms with Gasteiger partial charge in [0.05, 0.1) is 9.75 Å². The number of rotatable bonds is 5. The average Bonchev–Trinajstić information content (AvgIpc) is 1.64. The third-order valence-corrected chi connectivity index (χ3v) is 55.9. The molecular formula is C68H71FOS19Se4. The molecule has 494 valence electrons. The van der Waals surface area contributed by atoms with E-state index in [0.29, 0.717) is 65.6 Å². The number of alkyl halides is 1. The Bertz CT molecular complexity index is 4130. The van der Waals surface area contributed by atoms with Crippen molar-refractivity contribution in [2.75, 3.05) is 63.3 Å². The minimum absolute atomic E-state index is 0.600. The summed E-state index contributed by atoms with van der Waals surface area (Å²) in [5.41, 5.74) is 2.28. The van der Waals surface area contributed by atoms with Gasteiger partial charge in [-0.15, -0.1) is 116 Å². The summed E-state index contributed by atoms with van der Waals surface area (Å²) >= 11 is 40.1. The molecule has 9 aromatic heterocycles. The maximum atomic E-state index is 13.7. The van der Waals surface area contributed by atoms with E-state index in [1.807, 2.05) is 152 Å². The summed E-state index contributed by atoms with van der Waals surface area (Å²) in [5.74, 6) is 15.2. The zero-order valence-electron chi connectivity index (χ0n) is 53.4. The Morgan fingerprint density at radius 1 is 0.409 bits per heavy atom. The normalized spacial score (nSPS) is 18.9. The van der Waals surface area contributed by atoms with Crippen molar-refractivity contribution in [2.45, 2.75) is 158 Å². The Balaban J connectivity index is 0.000000107. The van der Waals surface area contributed by atoms with Crippen LogP contribution >= 0.6 is 220 Å². The van der Waals surface area contributed by atoms with Crippen molar-refractivity contribution in [3.63, 3.8) is 0 Å².